The highest BCUT2D eigenvalue weighted by Gasteiger charge is 2.24. The molecule has 0 aromatic rings. The molecule has 0 N–H and O–H groups in total. The molecule has 0 aromatic heterocycles. The van der Waals surface area contributed by atoms with Gasteiger partial charge in [0.05, 0.1) is 0 Å². The van der Waals surface area contributed by atoms with Gasteiger partial charge in [-0.2, -0.15) is 0 Å². The zero-order valence-corrected chi connectivity index (χ0v) is 18.8. The molecule has 0 aliphatic heterocycles. The van der Waals surface area contributed by atoms with Crippen molar-refractivity contribution in [2.75, 3.05) is 0 Å². The largest absolute Gasteiger partial charge is 0.130 e. The molecular weight excluding hydrogens is 312 g/mol. The third-order valence-corrected chi connectivity index (χ3v) is 6.43. The summed E-state index contributed by atoms with van der Waals surface area (Å²) in [7, 11) is 0. The van der Waals surface area contributed by atoms with Gasteiger partial charge in [-0.05, 0) is 61.9 Å². The van der Waals surface area contributed by atoms with Gasteiger partial charge in [0.2, 0.25) is 0 Å². The van der Waals surface area contributed by atoms with Crippen molar-refractivity contribution in [1.82, 2.24) is 0 Å². The fraction of sp³-hybridized carbons (Fsp3) is 0.808. The first-order valence-corrected chi connectivity index (χ1v) is 11.6. The summed E-state index contributed by atoms with van der Waals surface area (Å²) in [5.74, 6) is 0.773. The molecule has 0 spiro atoms. The van der Waals surface area contributed by atoms with E-state index in [-0.39, 0.29) is 0 Å². The minimum absolute atomic E-state index is 0.384. The normalized spacial score (nSPS) is 15.0. The molecule has 0 saturated heterocycles. The van der Waals surface area contributed by atoms with Crippen molar-refractivity contribution in [3.05, 3.63) is 30.0 Å². The average molecular weight is 361 g/mol. The molecular formula is C26H48. The van der Waals surface area contributed by atoms with Gasteiger partial charge in [0.1, 0.15) is 0 Å². The van der Waals surface area contributed by atoms with E-state index >= 15 is 0 Å². The summed E-state index contributed by atoms with van der Waals surface area (Å²) in [5.41, 5.74) is 5.05. The number of unbranched alkanes of at least 4 members (excludes halogenated alkanes) is 8. The predicted molar refractivity (Wildman–Crippen MR) is 121 cm³/mol. The molecule has 0 aliphatic rings. The van der Waals surface area contributed by atoms with Gasteiger partial charge in [-0.25, -0.2) is 0 Å². The van der Waals surface area contributed by atoms with Crippen LogP contribution in [0.25, 0.3) is 0 Å². The van der Waals surface area contributed by atoms with E-state index in [1.165, 1.54) is 95.5 Å². The van der Waals surface area contributed by atoms with E-state index in [4.69, 9.17) is 0 Å². The van der Waals surface area contributed by atoms with Crippen LogP contribution in [-0.2, 0) is 0 Å². The second-order valence-corrected chi connectivity index (χ2v) is 8.47. The maximum atomic E-state index is 3.90. The molecule has 0 rings (SSSR count). The zero-order valence-electron chi connectivity index (χ0n) is 18.8. The van der Waals surface area contributed by atoms with E-state index in [1.807, 2.05) is 0 Å². The van der Waals surface area contributed by atoms with E-state index in [0.29, 0.717) is 5.41 Å². The van der Waals surface area contributed by atoms with E-state index in [9.17, 15) is 0 Å². The summed E-state index contributed by atoms with van der Waals surface area (Å²) in [5, 5.41) is 0. The Morgan fingerprint density at radius 3 is 2.00 bits per heavy atom. The van der Waals surface area contributed by atoms with E-state index < -0.39 is 0 Å². The summed E-state index contributed by atoms with van der Waals surface area (Å²) >= 11 is 0. The first-order valence-electron chi connectivity index (χ1n) is 11.6. The number of rotatable bonds is 17. The summed E-state index contributed by atoms with van der Waals surface area (Å²) in [6.45, 7) is 15.6. The number of hydrogen-bond acceptors (Lipinski definition) is 0. The van der Waals surface area contributed by atoms with E-state index in [2.05, 4.69) is 59.1 Å². The van der Waals surface area contributed by atoms with Crippen molar-refractivity contribution in [2.45, 2.75) is 125 Å². The summed E-state index contributed by atoms with van der Waals surface area (Å²) < 4.78 is 0. The molecule has 26 heavy (non-hydrogen) atoms. The Hall–Kier alpha value is -0.740. The third kappa shape index (κ3) is 11.8. The molecule has 2 unspecified atom stereocenters. The van der Waals surface area contributed by atoms with Crippen molar-refractivity contribution in [2.24, 2.45) is 11.3 Å². The molecule has 0 aromatic carbocycles. The van der Waals surface area contributed by atoms with Crippen LogP contribution in [0, 0.1) is 11.3 Å². The van der Waals surface area contributed by atoms with Crippen LogP contribution >= 0.6 is 0 Å². The molecule has 0 radical (unpaired) electrons. The lowest BCUT2D eigenvalue weighted by Gasteiger charge is -2.31. The highest BCUT2D eigenvalue weighted by atomic mass is 14.3. The van der Waals surface area contributed by atoms with Crippen LogP contribution in [-0.4, -0.2) is 0 Å². The van der Waals surface area contributed by atoms with Crippen LogP contribution in [0.3, 0.4) is 0 Å². The second kappa shape index (κ2) is 16.4. The first kappa shape index (κ1) is 25.3. The van der Waals surface area contributed by atoms with Crippen LogP contribution in [0.2, 0.25) is 0 Å². The topological polar surface area (TPSA) is 0 Å². The van der Waals surface area contributed by atoms with Gasteiger partial charge in [0.15, 0.2) is 0 Å². The van der Waals surface area contributed by atoms with Crippen molar-refractivity contribution in [1.29, 1.82) is 0 Å². The van der Waals surface area contributed by atoms with E-state index in [0.717, 1.165) is 5.92 Å². The van der Waals surface area contributed by atoms with Crippen molar-refractivity contribution in [3.63, 3.8) is 0 Å². The van der Waals surface area contributed by atoms with Crippen LogP contribution in [0.4, 0.5) is 0 Å². The smallest absolute Gasteiger partial charge is 0.0124 e. The van der Waals surface area contributed by atoms with Crippen molar-refractivity contribution < 1.29 is 0 Å². The Labute approximate surface area is 166 Å². The molecule has 0 fully saturated rings. The molecule has 0 heteroatoms. The lowest BCUT2D eigenvalue weighted by Crippen LogP contribution is -2.21. The van der Waals surface area contributed by atoms with Gasteiger partial charge in [-0.1, -0.05) is 98.3 Å². The molecule has 0 aliphatic carbocycles. The fourth-order valence-corrected chi connectivity index (χ4v) is 3.65. The monoisotopic (exact) mass is 360 g/mol. The van der Waals surface area contributed by atoms with Crippen LogP contribution in [0.1, 0.15) is 125 Å². The van der Waals surface area contributed by atoms with Crippen molar-refractivity contribution >= 4 is 0 Å². The molecule has 0 nitrogen and oxygen atoms in total. The lowest BCUT2D eigenvalue weighted by atomic mass is 9.74. The molecule has 152 valence electrons. The molecule has 0 amide bonds. The molecule has 0 bridgehead atoms. The Bertz CT molecular complexity index is 396. The predicted octanol–water partition coefficient (Wildman–Crippen LogP) is 9.42. The number of hydrogen-bond donors (Lipinski definition) is 0. The van der Waals surface area contributed by atoms with Crippen molar-refractivity contribution in [3.8, 4) is 0 Å². The van der Waals surface area contributed by atoms with Gasteiger partial charge in [-0.15, -0.1) is 5.73 Å². The average Bonchev–Trinajstić information content (AvgIpc) is 2.67. The van der Waals surface area contributed by atoms with Gasteiger partial charge in [-0.3, -0.25) is 0 Å². The van der Waals surface area contributed by atoms with Gasteiger partial charge in [0.25, 0.3) is 0 Å². The first-order chi connectivity index (χ1) is 12.5. The van der Waals surface area contributed by atoms with Gasteiger partial charge >= 0.3 is 0 Å². The maximum Gasteiger partial charge on any atom is -0.0124 e. The second-order valence-electron chi connectivity index (χ2n) is 8.47. The zero-order chi connectivity index (χ0) is 19.7. The third-order valence-electron chi connectivity index (χ3n) is 6.43. The molecule has 0 heterocycles. The minimum Gasteiger partial charge on any atom is -0.130 e. The minimum atomic E-state index is 0.384. The fourth-order valence-electron chi connectivity index (χ4n) is 3.65. The standard InChI is InChI=1S/C26H48/c1-7-11-12-15-18-21-25(9-3)22-19-16-13-14-17-20-23-26(6,10-4)24(5)8-2/h20,23-24H,3,7-8,10-19,21-22H2,1-2,4-6H3/b23-20+. The lowest BCUT2D eigenvalue weighted by molar-refractivity contribution is 0.258. The number of allylic oxidation sites excluding steroid dienone is 3. The van der Waals surface area contributed by atoms with E-state index in [1.54, 1.807) is 0 Å². The Morgan fingerprint density at radius 1 is 0.923 bits per heavy atom. The van der Waals surface area contributed by atoms with Crippen LogP contribution in [0.5, 0.6) is 0 Å². The summed E-state index contributed by atoms with van der Waals surface area (Å²) in [4.78, 5) is 0. The van der Waals surface area contributed by atoms with Gasteiger partial charge in [0, 0.05) is 0 Å². The molecule has 2 atom stereocenters. The van der Waals surface area contributed by atoms with Crippen LogP contribution < -0.4 is 0 Å². The summed E-state index contributed by atoms with van der Waals surface area (Å²) in [6, 6.07) is 0. The maximum absolute atomic E-state index is 3.90. The SMILES string of the molecule is C=C=C(CCCCCCC)CCCCCC/C=C/C(C)(CC)C(C)CC. The summed E-state index contributed by atoms with van der Waals surface area (Å²) in [6.07, 6.45) is 23.3. The molecule has 0 saturated carbocycles. The Balaban J connectivity index is 3.79. The van der Waals surface area contributed by atoms with Crippen LogP contribution in [0.15, 0.2) is 30.0 Å². The Morgan fingerprint density at radius 2 is 1.50 bits per heavy atom. The highest BCUT2D eigenvalue weighted by molar-refractivity contribution is 4.99. The Kier molecular flexibility index (Phi) is 16.0. The van der Waals surface area contributed by atoms with Gasteiger partial charge < -0.3 is 0 Å². The quantitative estimate of drug-likeness (QED) is 0.138. The highest BCUT2D eigenvalue weighted by Crippen LogP contribution is 2.34.